The van der Waals surface area contributed by atoms with Crippen molar-refractivity contribution in [3.05, 3.63) is 16.5 Å². The van der Waals surface area contributed by atoms with Gasteiger partial charge in [0.1, 0.15) is 11.5 Å². The average molecular weight is 356 g/mol. The third-order valence-corrected chi connectivity index (χ3v) is 3.74. The van der Waals surface area contributed by atoms with Crippen LogP contribution in [-0.2, 0) is 19.5 Å². The topological polar surface area (TPSA) is 109 Å². The molecule has 1 aromatic rings. The van der Waals surface area contributed by atoms with Crippen molar-refractivity contribution in [1.82, 2.24) is 0 Å². The van der Waals surface area contributed by atoms with E-state index >= 15 is 0 Å². The van der Waals surface area contributed by atoms with Crippen LogP contribution in [0.5, 0.6) is 0 Å². The molecule has 0 radical (unpaired) electrons. The molecule has 0 amide bonds. The normalized spacial score (nSPS) is 11.5. The van der Waals surface area contributed by atoms with E-state index in [-0.39, 0.29) is 28.5 Å². The van der Waals surface area contributed by atoms with Crippen LogP contribution in [0.15, 0.2) is 20.0 Å². The van der Waals surface area contributed by atoms with E-state index in [1.165, 1.54) is 0 Å². The number of esters is 1. The number of ether oxygens (including phenoxy) is 2. The minimum Gasteiger partial charge on any atom is -0.457 e. The zero-order valence-electron chi connectivity index (χ0n) is 10.2. The SMILES string of the molecule is CCCOCCOC(=O)c1cc(S(N)(=O)=O)c(Br)o1. The van der Waals surface area contributed by atoms with Gasteiger partial charge in [-0.15, -0.1) is 0 Å². The highest BCUT2D eigenvalue weighted by Gasteiger charge is 2.22. The van der Waals surface area contributed by atoms with Crippen molar-refractivity contribution in [2.75, 3.05) is 19.8 Å². The zero-order valence-corrected chi connectivity index (χ0v) is 12.6. The molecule has 9 heteroatoms. The molecule has 0 aliphatic heterocycles. The fourth-order valence-corrected chi connectivity index (χ4v) is 2.66. The molecule has 0 unspecified atom stereocenters. The number of rotatable bonds is 7. The average Bonchev–Trinajstić information content (AvgIpc) is 2.70. The molecule has 0 spiro atoms. The summed E-state index contributed by atoms with van der Waals surface area (Å²) >= 11 is 2.87. The Morgan fingerprint density at radius 3 is 2.63 bits per heavy atom. The summed E-state index contributed by atoms with van der Waals surface area (Å²) in [6.45, 7) is 2.87. The van der Waals surface area contributed by atoms with Crippen molar-refractivity contribution in [3.63, 3.8) is 0 Å². The Morgan fingerprint density at radius 2 is 2.11 bits per heavy atom. The van der Waals surface area contributed by atoms with Crippen LogP contribution in [0.4, 0.5) is 0 Å². The number of primary sulfonamides is 1. The maximum atomic E-state index is 11.5. The van der Waals surface area contributed by atoms with E-state index in [0.29, 0.717) is 6.61 Å². The van der Waals surface area contributed by atoms with Gasteiger partial charge in [-0.2, -0.15) is 0 Å². The Hall–Kier alpha value is -0.900. The van der Waals surface area contributed by atoms with Crippen LogP contribution in [0, 0.1) is 0 Å². The number of hydrogen-bond acceptors (Lipinski definition) is 6. The maximum Gasteiger partial charge on any atom is 0.374 e. The standard InChI is InChI=1S/C10H14BrNO6S/c1-2-3-16-4-5-17-10(13)7-6-8(9(11)18-7)19(12,14)15/h6H,2-5H2,1H3,(H2,12,14,15). The molecule has 0 aliphatic carbocycles. The van der Waals surface area contributed by atoms with Gasteiger partial charge in [-0.3, -0.25) is 0 Å². The lowest BCUT2D eigenvalue weighted by molar-refractivity contribution is 0.0287. The van der Waals surface area contributed by atoms with Gasteiger partial charge < -0.3 is 13.9 Å². The van der Waals surface area contributed by atoms with Gasteiger partial charge in [0, 0.05) is 12.7 Å². The van der Waals surface area contributed by atoms with E-state index in [4.69, 9.17) is 19.0 Å². The minimum atomic E-state index is -3.95. The predicted octanol–water partition coefficient (Wildman–Crippen LogP) is 1.27. The molecule has 0 fully saturated rings. The molecule has 1 rings (SSSR count). The summed E-state index contributed by atoms with van der Waals surface area (Å²) in [6, 6.07) is 1.01. The third kappa shape index (κ3) is 4.94. The molecular weight excluding hydrogens is 342 g/mol. The van der Waals surface area contributed by atoms with E-state index in [0.717, 1.165) is 12.5 Å². The first-order valence-electron chi connectivity index (χ1n) is 5.43. The van der Waals surface area contributed by atoms with Crippen LogP contribution in [0.3, 0.4) is 0 Å². The zero-order chi connectivity index (χ0) is 14.5. The quantitative estimate of drug-likeness (QED) is 0.582. The van der Waals surface area contributed by atoms with Crippen molar-refractivity contribution in [2.24, 2.45) is 5.14 Å². The second-order valence-corrected chi connectivity index (χ2v) is 5.79. The Labute approximate surface area is 119 Å². The second kappa shape index (κ2) is 7.04. The molecule has 1 heterocycles. The number of carbonyl (C=O) groups is 1. The van der Waals surface area contributed by atoms with Crippen LogP contribution in [-0.4, -0.2) is 34.2 Å². The lowest BCUT2D eigenvalue weighted by Gasteiger charge is -2.03. The lowest BCUT2D eigenvalue weighted by atomic mass is 10.4. The largest absolute Gasteiger partial charge is 0.457 e. The number of furan rings is 1. The summed E-state index contributed by atoms with van der Waals surface area (Å²) in [5.41, 5.74) is 0. The van der Waals surface area contributed by atoms with Gasteiger partial charge in [0.15, 0.2) is 4.67 Å². The van der Waals surface area contributed by atoms with E-state index in [1.807, 2.05) is 6.92 Å². The Bertz CT molecular complexity index is 538. The molecule has 2 N–H and O–H groups in total. The van der Waals surface area contributed by atoms with Gasteiger partial charge in [-0.05, 0) is 22.4 Å². The fourth-order valence-electron chi connectivity index (χ4n) is 1.16. The summed E-state index contributed by atoms with van der Waals surface area (Å²) in [7, 11) is -3.95. The van der Waals surface area contributed by atoms with E-state index in [1.54, 1.807) is 0 Å². The van der Waals surface area contributed by atoms with Crippen LogP contribution in [0.2, 0.25) is 0 Å². The monoisotopic (exact) mass is 355 g/mol. The number of sulfonamides is 1. The maximum absolute atomic E-state index is 11.5. The Morgan fingerprint density at radius 1 is 1.42 bits per heavy atom. The molecule has 1 aromatic heterocycles. The van der Waals surface area contributed by atoms with E-state index in [2.05, 4.69) is 15.9 Å². The first-order valence-corrected chi connectivity index (χ1v) is 7.77. The van der Waals surface area contributed by atoms with E-state index < -0.39 is 16.0 Å². The molecule has 0 aliphatic rings. The third-order valence-electron chi connectivity index (χ3n) is 1.97. The number of hydrogen-bond donors (Lipinski definition) is 1. The van der Waals surface area contributed by atoms with Crippen LogP contribution < -0.4 is 5.14 Å². The highest BCUT2D eigenvalue weighted by molar-refractivity contribution is 9.10. The molecule has 0 saturated carbocycles. The van der Waals surface area contributed by atoms with Gasteiger partial charge in [0.05, 0.1) is 6.61 Å². The van der Waals surface area contributed by atoms with Crippen molar-refractivity contribution >= 4 is 31.9 Å². The van der Waals surface area contributed by atoms with Gasteiger partial charge in [0.2, 0.25) is 15.8 Å². The smallest absolute Gasteiger partial charge is 0.374 e. The number of halogens is 1. The lowest BCUT2D eigenvalue weighted by Crippen LogP contribution is -2.12. The first kappa shape index (κ1) is 16.2. The molecule has 0 bridgehead atoms. The van der Waals surface area contributed by atoms with Crippen molar-refractivity contribution in [2.45, 2.75) is 18.2 Å². The van der Waals surface area contributed by atoms with Gasteiger partial charge in [0.25, 0.3) is 0 Å². The van der Waals surface area contributed by atoms with Gasteiger partial charge >= 0.3 is 5.97 Å². The van der Waals surface area contributed by atoms with Gasteiger partial charge in [-0.1, -0.05) is 6.92 Å². The Balaban J connectivity index is 2.59. The van der Waals surface area contributed by atoms with Crippen LogP contribution >= 0.6 is 15.9 Å². The van der Waals surface area contributed by atoms with Crippen LogP contribution in [0.25, 0.3) is 0 Å². The summed E-state index contributed by atoms with van der Waals surface area (Å²) in [6.07, 6.45) is 0.872. The summed E-state index contributed by atoms with van der Waals surface area (Å²) in [4.78, 5) is 11.2. The highest BCUT2D eigenvalue weighted by atomic mass is 79.9. The van der Waals surface area contributed by atoms with Crippen molar-refractivity contribution < 1.29 is 27.1 Å². The summed E-state index contributed by atoms with van der Waals surface area (Å²) in [5, 5.41) is 4.94. The second-order valence-electron chi connectivity index (χ2n) is 3.54. The minimum absolute atomic E-state index is 0.0574. The first-order chi connectivity index (χ1) is 8.86. The number of nitrogens with two attached hydrogens (primary N) is 1. The summed E-state index contributed by atoms with van der Waals surface area (Å²) < 4.78 is 37.0. The Kier molecular flexibility index (Phi) is 5.98. The molecule has 7 nitrogen and oxygen atoms in total. The molecule has 19 heavy (non-hydrogen) atoms. The number of carbonyl (C=O) groups excluding carboxylic acids is 1. The van der Waals surface area contributed by atoms with Crippen molar-refractivity contribution in [3.8, 4) is 0 Å². The fraction of sp³-hybridized carbons (Fsp3) is 0.500. The molecule has 0 saturated heterocycles. The molecular formula is C10H14BrNO6S. The molecule has 108 valence electrons. The highest BCUT2D eigenvalue weighted by Crippen LogP contribution is 2.25. The van der Waals surface area contributed by atoms with E-state index in [9.17, 15) is 13.2 Å². The van der Waals surface area contributed by atoms with Gasteiger partial charge in [-0.25, -0.2) is 18.4 Å². The predicted molar refractivity (Wildman–Crippen MR) is 69.2 cm³/mol. The summed E-state index contributed by atoms with van der Waals surface area (Å²) in [5.74, 6) is -1.03. The molecule has 0 aromatic carbocycles. The molecule has 0 atom stereocenters. The van der Waals surface area contributed by atoms with Crippen LogP contribution in [0.1, 0.15) is 23.9 Å². The van der Waals surface area contributed by atoms with Crippen molar-refractivity contribution in [1.29, 1.82) is 0 Å².